The zero-order valence-corrected chi connectivity index (χ0v) is 13.9. The van der Waals surface area contributed by atoms with E-state index >= 15 is 0 Å². The van der Waals surface area contributed by atoms with E-state index in [2.05, 4.69) is 4.72 Å². The van der Waals surface area contributed by atoms with Crippen molar-refractivity contribution >= 4 is 10.0 Å². The lowest BCUT2D eigenvalue weighted by atomic mass is 10.1. The van der Waals surface area contributed by atoms with Crippen molar-refractivity contribution in [2.24, 2.45) is 0 Å². The molecule has 5 heteroatoms. The van der Waals surface area contributed by atoms with Gasteiger partial charge in [-0.1, -0.05) is 25.7 Å². The fraction of sp³-hybridized carbons (Fsp3) is 0.625. The van der Waals surface area contributed by atoms with Gasteiger partial charge < -0.3 is 4.74 Å². The van der Waals surface area contributed by atoms with E-state index in [1.165, 1.54) is 12.8 Å². The maximum absolute atomic E-state index is 12.6. The number of benzene rings is 1. The molecule has 1 aliphatic carbocycles. The van der Waals surface area contributed by atoms with Gasteiger partial charge in [-0.05, 0) is 49.9 Å². The van der Waals surface area contributed by atoms with Crippen LogP contribution in [0.25, 0.3) is 0 Å². The van der Waals surface area contributed by atoms with E-state index in [1.807, 2.05) is 13.8 Å². The first-order valence-corrected chi connectivity index (χ1v) is 9.10. The average Bonchev–Trinajstić information content (AvgIpc) is 2.69. The van der Waals surface area contributed by atoms with E-state index in [1.54, 1.807) is 19.2 Å². The average molecular weight is 311 g/mol. The van der Waals surface area contributed by atoms with Gasteiger partial charge in [0.25, 0.3) is 0 Å². The summed E-state index contributed by atoms with van der Waals surface area (Å²) in [5.74, 6) is 0.723. The lowest BCUT2D eigenvalue weighted by molar-refractivity contribution is 0.410. The van der Waals surface area contributed by atoms with Crippen LogP contribution in [0.4, 0.5) is 0 Å². The van der Waals surface area contributed by atoms with Crippen LogP contribution >= 0.6 is 0 Å². The Morgan fingerprint density at radius 3 is 2.24 bits per heavy atom. The summed E-state index contributed by atoms with van der Waals surface area (Å²) in [6, 6.07) is 3.43. The van der Waals surface area contributed by atoms with Crippen molar-refractivity contribution in [3.63, 3.8) is 0 Å². The summed E-state index contributed by atoms with van der Waals surface area (Å²) in [4.78, 5) is 0.366. The van der Waals surface area contributed by atoms with Crippen molar-refractivity contribution in [2.45, 2.75) is 63.3 Å². The largest absolute Gasteiger partial charge is 0.496 e. The molecule has 0 aliphatic heterocycles. The highest BCUT2D eigenvalue weighted by atomic mass is 32.2. The minimum absolute atomic E-state index is 0.0688. The highest BCUT2D eigenvalue weighted by Crippen LogP contribution is 2.27. The molecule has 21 heavy (non-hydrogen) atoms. The van der Waals surface area contributed by atoms with E-state index in [9.17, 15) is 8.42 Å². The Labute approximate surface area is 127 Å². The Kier molecular flexibility index (Phi) is 5.27. The lowest BCUT2D eigenvalue weighted by Crippen LogP contribution is -2.34. The molecule has 0 radical (unpaired) electrons. The molecule has 1 saturated carbocycles. The second-order valence-corrected chi connectivity index (χ2v) is 7.51. The van der Waals surface area contributed by atoms with Crippen LogP contribution in [0.15, 0.2) is 17.0 Å². The van der Waals surface area contributed by atoms with Gasteiger partial charge >= 0.3 is 0 Å². The molecule has 0 bridgehead atoms. The van der Waals surface area contributed by atoms with Gasteiger partial charge in [0.1, 0.15) is 5.75 Å². The van der Waals surface area contributed by atoms with Crippen molar-refractivity contribution in [2.75, 3.05) is 7.11 Å². The third-order valence-electron chi connectivity index (χ3n) is 4.37. The molecule has 0 saturated heterocycles. The number of rotatable bonds is 4. The molecule has 1 aromatic carbocycles. The van der Waals surface area contributed by atoms with E-state index in [4.69, 9.17) is 4.74 Å². The van der Waals surface area contributed by atoms with Gasteiger partial charge in [0.05, 0.1) is 12.0 Å². The molecule has 0 amide bonds. The molecule has 4 nitrogen and oxygen atoms in total. The summed E-state index contributed by atoms with van der Waals surface area (Å²) < 4.78 is 33.4. The van der Waals surface area contributed by atoms with Crippen LogP contribution in [0, 0.1) is 13.8 Å². The van der Waals surface area contributed by atoms with Gasteiger partial charge in [-0.2, -0.15) is 0 Å². The molecule has 1 fully saturated rings. The van der Waals surface area contributed by atoms with Crippen molar-refractivity contribution in [3.8, 4) is 5.75 Å². The maximum atomic E-state index is 12.6. The minimum atomic E-state index is -3.46. The zero-order chi connectivity index (χ0) is 15.5. The summed E-state index contributed by atoms with van der Waals surface area (Å²) in [5.41, 5.74) is 1.64. The van der Waals surface area contributed by atoms with E-state index in [0.717, 1.165) is 42.6 Å². The number of hydrogen-bond donors (Lipinski definition) is 1. The Balaban J connectivity index is 2.25. The maximum Gasteiger partial charge on any atom is 0.241 e. The topological polar surface area (TPSA) is 55.4 Å². The summed E-state index contributed by atoms with van der Waals surface area (Å²) >= 11 is 0. The molecule has 1 aliphatic rings. The highest BCUT2D eigenvalue weighted by molar-refractivity contribution is 7.89. The van der Waals surface area contributed by atoms with Crippen LogP contribution in [-0.4, -0.2) is 21.6 Å². The Hall–Kier alpha value is -1.07. The standard InChI is InChI=1S/C16H25NO3S/c1-12-13(2)16(11-10-15(12)20-3)21(18,19)17-14-8-6-4-5-7-9-14/h10-11,14,17H,4-9H2,1-3H3. The molecule has 1 aromatic rings. The molecule has 0 atom stereocenters. The first-order valence-electron chi connectivity index (χ1n) is 7.62. The first kappa shape index (κ1) is 16.3. The van der Waals surface area contributed by atoms with Gasteiger partial charge in [-0.25, -0.2) is 13.1 Å². The summed E-state index contributed by atoms with van der Waals surface area (Å²) in [5, 5.41) is 0. The molecular weight excluding hydrogens is 286 g/mol. The number of methoxy groups -OCH3 is 1. The smallest absolute Gasteiger partial charge is 0.241 e. The third kappa shape index (κ3) is 3.77. The number of nitrogens with one attached hydrogen (secondary N) is 1. The van der Waals surface area contributed by atoms with Gasteiger partial charge in [-0.3, -0.25) is 0 Å². The number of hydrogen-bond acceptors (Lipinski definition) is 3. The molecule has 0 heterocycles. The van der Waals surface area contributed by atoms with Crippen LogP contribution in [-0.2, 0) is 10.0 Å². The lowest BCUT2D eigenvalue weighted by Gasteiger charge is -2.18. The van der Waals surface area contributed by atoms with Gasteiger partial charge in [0, 0.05) is 6.04 Å². The van der Waals surface area contributed by atoms with Gasteiger partial charge in [0.15, 0.2) is 0 Å². The Morgan fingerprint density at radius 2 is 1.67 bits per heavy atom. The number of ether oxygens (including phenoxy) is 1. The molecule has 0 unspecified atom stereocenters. The molecule has 1 N–H and O–H groups in total. The van der Waals surface area contributed by atoms with Crippen LogP contribution in [0.2, 0.25) is 0 Å². The monoisotopic (exact) mass is 311 g/mol. The van der Waals surface area contributed by atoms with E-state index in [0.29, 0.717) is 4.90 Å². The SMILES string of the molecule is COc1ccc(S(=O)(=O)NC2CCCCCC2)c(C)c1C. The zero-order valence-electron chi connectivity index (χ0n) is 13.1. The minimum Gasteiger partial charge on any atom is -0.496 e. The summed E-state index contributed by atoms with van der Waals surface area (Å²) in [6.45, 7) is 3.72. The van der Waals surface area contributed by atoms with Crippen molar-refractivity contribution in [1.29, 1.82) is 0 Å². The molecular formula is C16H25NO3S. The van der Waals surface area contributed by atoms with Crippen molar-refractivity contribution in [3.05, 3.63) is 23.3 Å². The second kappa shape index (κ2) is 6.79. The van der Waals surface area contributed by atoms with Crippen molar-refractivity contribution in [1.82, 2.24) is 4.72 Å². The Morgan fingerprint density at radius 1 is 1.05 bits per heavy atom. The quantitative estimate of drug-likeness (QED) is 0.868. The molecule has 2 rings (SSSR count). The third-order valence-corrected chi connectivity index (χ3v) is 6.04. The fourth-order valence-corrected chi connectivity index (χ4v) is 4.57. The highest BCUT2D eigenvalue weighted by Gasteiger charge is 2.23. The van der Waals surface area contributed by atoms with E-state index in [-0.39, 0.29) is 6.04 Å². The Bertz CT molecular complexity index is 588. The van der Waals surface area contributed by atoms with E-state index < -0.39 is 10.0 Å². The van der Waals surface area contributed by atoms with Gasteiger partial charge in [-0.15, -0.1) is 0 Å². The van der Waals surface area contributed by atoms with Crippen LogP contribution in [0.3, 0.4) is 0 Å². The summed E-state index contributed by atoms with van der Waals surface area (Å²) in [7, 11) is -1.86. The first-order chi connectivity index (χ1) is 9.95. The van der Waals surface area contributed by atoms with Crippen LogP contribution in [0.5, 0.6) is 5.75 Å². The van der Waals surface area contributed by atoms with Crippen molar-refractivity contribution < 1.29 is 13.2 Å². The van der Waals surface area contributed by atoms with Gasteiger partial charge in [0.2, 0.25) is 10.0 Å². The summed E-state index contributed by atoms with van der Waals surface area (Å²) in [6.07, 6.45) is 6.50. The second-order valence-electron chi connectivity index (χ2n) is 5.83. The van der Waals surface area contributed by atoms with Crippen LogP contribution < -0.4 is 9.46 Å². The predicted molar refractivity (Wildman–Crippen MR) is 84.3 cm³/mol. The fourth-order valence-electron chi connectivity index (χ4n) is 2.96. The van der Waals surface area contributed by atoms with Crippen LogP contribution in [0.1, 0.15) is 49.7 Å². The predicted octanol–water partition coefficient (Wildman–Crippen LogP) is 3.31. The normalized spacial score (nSPS) is 17.5. The number of sulfonamides is 1. The molecule has 118 valence electrons. The molecule has 0 spiro atoms. The molecule has 0 aromatic heterocycles.